The van der Waals surface area contributed by atoms with Crippen molar-refractivity contribution in [3.8, 4) is 34.2 Å². The third-order valence-electron chi connectivity index (χ3n) is 6.11. The summed E-state index contributed by atoms with van der Waals surface area (Å²) in [7, 11) is 0. The molecule has 0 bridgehead atoms. The third kappa shape index (κ3) is 6.60. The average Bonchev–Trinajstić information content (AvgIpc) is 3.68. The number of aromatic amines is 1. The highest BCUT2D eigenvalue weighted by Crippen LogP contribution is 2.34. The number of ether oxygens (including phenoxy) is 1. The van der Waals surface area contributed by atoms with Gasteiger partial charge in [-0.15, -0.1) is 5.10 Å². The first kappa shape index (κ1) is 30.4. The predicted octanol–water partition coefficient (Wildman–Crippen LogP) is 3.37. The van der Waals surface area contributed by atoms with Crippen molar-refractivity contribution in [2.24, 2.45) is 5.73 Å². The number of benzene rings is 1. The second-order valence-electron chi connectivity index (χ2n) is 10.6. The second kappa shape index (κ2) is 11.9. The molecule has 1 aliphatic rings. The first-order chi connectivity index (χ1) is 20.8. The molecular formula is C27H25ClF2N10O4. The van der Waals surface area contributed by atoms with E-state index >= 15 is 4.39 Å². The number of nitrogens with zero attached hydrogens (tertiary/aromatic N) is 8. The number of nitrogens with two attached hydrogens (primary N) is 1. The molecule has 0 fully saturated rings. The van der Waals surface area contributed by atoms with Crippen LogP contribution in [-0.2, 0) is 6.42 Å². The molecule has 4 N–H and O–H groups in total. The van der Waals surface area contributed by atoms with Gasteiger partial charge in [0.25, 0.3) is 5.56 Å². The van der Waals surface area contributed by atoms with Crippen molar-refractivity contribution < 1.29 is 23.4 Å². The van der Waals surface area contributed by atoms with Gasteiger partial charge in [-0.3, -0.25) is 9.36 Å². The number of aromatic nitrogens is 9. The normalized spacial score (nSPS) is 14.1. The second-order valence-corrected chi connectivity index (χ2v) is 11.0. The summed E-state index contributed by atoms with van der Waals surface area (Å²) >= 11 is 6.22. The van der Waals surface area contributed by atoms with Crippen molar-refractivity contribution in [2.45, 2.75) is 45.3 Å². The lowest BCUT2D eigenvalue weighted by molar-refractivity contribution is 0.102. The quantitative estimate of drug-likeness (QED) is 0.244. The van der Waals surface area contributed by atoms with Gasteiger partial charge in [0, 0.05) is 29.1 Å². The number of carbonyl (C=O) groups excluding carboxylic acids is 1. The third-order valence-corrected chi connectivity index (χ3v) is 6.35. The van der Waals surface area contributed by atoms with E-state index in [1.54, 1.807) is 39.0 Å². The lowest BCUT2D eigenvalue weighted by Gasteiger charge is -2.14. The van der Waals surface area contributed by atoms with Crippen LogP contribution >= 0.6 is 11.6 Å². The smallest absolute Gasteiger partial charge is 0.391 e. The molecule has 4 aromatic heterocycles. The van der Waals surface area contributed by atoms with Gasteiger partial charge in [0.2, 0.25) is 17.8 Å². The number of tetrazole rings is 1. The number of H-pyrrole nitrogens is 1. The summed E-state index contributed by atoms with van der Waals surface area (Å²) in [6, 6.07) is 7.95. The zero-order valence-corrected chi connectivity index (χ0v) is 24.2. The lowest BCUT2D eigenvalue weighted by Crippen LogP contribution is -2.25. The van der Waals surface area contributed by atoms with Gasteiger partial charge in [-0.25, -0.2) is 9.78 Å². The molecule has 14 nitrogen and oxygen atoms in total. The fourth-order valence-electron chi connectivity index (χ4n) is 4.51. The average molecular weight is 627 g/mol. The standard InChI is InChI=1S/C23H15ClF2N10O3.C4H10O/c24-10-1-3-14(35-9-28-33-34-35)12(7-10)13-8-18(37)36-15(4-5-16(36)29-13)19-21(26)32-22(31-19)11-2-6-17(30-20(11)25)39-23(27)38;1-4(2,3)5/h1-3,6-9,15H,4-5H2,(H2,27,38)(H,31,32);5H,1-3H3/t15-;/m0./s1. The van der Waals surface area contributed by atoms with Gasteiger partial charge in [-0.05, 0) is 61.9 Å². The fraction of sp³-hybridized carbons (Fsp3) is 0.259. The Bertz CT molecular complexity index is 1900. The number of carbonyl (C=O) groups is 1. The summed E-state index contributed by atoms with van der Waals surface area (Å²) in [4.78, 5) is 38.9. The van der Waals surface area contributed by atoms with Crippen LogP contribution < -0.4 is 16.0 Å². The summed E-state index contributed by atoms with van der Waals surface area (Å²) in [5.74, 6) is -2.08. The van der Waals surface area contributed by atoms with Gasteiger partial charge < -0.3 is 20.6 Å². The maximum atomic E-state index is 15.0. The van der Waals surface area contributed by atoms with E-state index in [0.29, 0.717) is 40.6 Å². The molecular weight excluding hydrogens is 602 g/mol. The molecule has 228 valence electrons. The van der Waals surface area contributed by atoms with Crippen molar-refractivity contribution in [1.29, 1.82) is 0 Å². The minimum Gasteiger partial charge on any atom is -0.391 e. The van der Waals surface area contributed by atoms with Crippen LogP contribution in [0.2, 0.25) is 5.02 Å². The largest absolute Gasteiger partial charge is 0.411 e. The Morgan fingerprint density at radius 3 is 2.52 bits per heavy atom. The Hall–Kier alpha value is -5.09. The number of hydrogen-bond donors (Lipinski definition) is 3. The van der Waals surface area contributed by atoms with Crippen molar-refractivity contribution in [3.63, 3.8) is 0 Å². The van der Waals surface area contributed by atoms with E-state index in [1.807, 2.05) is 0 Å². The van der Waals surface area contributed by atoms with Crippen molar-refractivity contribution in [3.05, 3.63) is 81.5 Å². The molecule has 17 heteroatoms. The first-order valence-electron chi connectivity index (χ1n) is 13.1. The molecule has 1 aromatic carbocycles. The van der Waals surface area contributed by atoms with E-state index in [0.717, 1.165) is 0 Å². The molecule has 5 heterocycles. The number of halogens is 3. The number of aryl methyl sites for hydroxylation is 1. The molecule has 0 spiro atoms. The van der Waals surface area contributed by atoms with Crippen LogP contribution in [0, 0.1) is 11.9 Å². The monoisotopic (exact) mass is 626 g/mol. The minimum absolute atomic E-state index is 0.0191. The van der Waals surface area contributed by atoms with Gasteiger partial charge in [0.1, 0.15) is 18.0 Å². The maximum absolute atomic E-state index is 15.0. The number of rotatable bonds is 5. The van der Waals surface area contributed by atoms with Crippen molar-refractivity contribution in [2.75, 3.05) is 0 Å². The minimum atomic E-state index is -1.16. The molecule has 1 amide bonds. The van der Waals surface area contributed by atoms with E-state index in [1.165, 1.54) is 33.8 Å². The van der Waals surface area contributed by atoms with Crippen LogP contribution in [-0.4, -0.2) is 61.5 Å². The van der Waals surface area contributed by atoms with Crippen LogP contribution in [0.1, 0.15) is 44.8 Å². The van der Waals surface area contributed by atoms with Crippen LogP contribution in [0.5, 0.6) is 5.88 Å². The Morgan fingerprint density at radius 1 is 1.11 bits per heavy atom. The molecule has 0 saturated carbocycles. The highest BCUT2D eigenvalue weighted by Gasteiger charge is 2.32. The SMILES string of the molecule is CC(C)(C)O.NC(=O)Oc1ccc(-c2nc(F)c([C@@H]3CCc4nc(-c5cc(Cl)ccc5-n5cnnn5)cc(=O)n43)[nH]2)c(F)n1. The number of hydrogen-bond acceptors (Lipinski definition) is 10. The molecule has 5 aromatic rings. The van der Waals surface area contributed by atoms with Gasteiger partial charge in [0.05, 0.1) is 34.3 Å². The van der Waals surface area contributed by atoms with Gasteiger partial charge in [-0.2, -0.15) is 23.4 Å². The Morgan fingerprint density at radius 2 is 1.86 bits per heavy atom. The van der Waals surface area contributed by atoms with Crippen LogP contribution in [0.3, 0.4) is 0 Å². The van der Waals surface area contributed by atoms with Crippen LogP contribution in [0.4, 0.5) is 13.6 Å². The Labute approximate surface area is 252 Å². The maximum Gasteiger partial charge on any atom is 0.411 e. The number of imidazole rings is 1. The zero-order valence-electron chi connectivity index (χ0n) is 23.5. The summed E-state index contributed by atoms with van der Waals surface area (Å²) in [6.45, 7) is 5.23. The number of fused-ring (bicyclic) bond motifs is 1. The molecule has 0 unspecified atom stereocenters. The lowest BCUT2D eigenvalue weighted by atomic mass is 10.1. The Kier molecular flexibility index (Phi) is 8.21. The number of nitrogens with one attached hydrogen (secondary N) is 1. The molecule has 6 rings (SSSR count). The van der Waals surface area contributed by atoms with Gasteiger partial charge >= 0.3 is 6.09 Å². The van der Waals surface area contributed by atoms with E-state index in [9.17, 15) is 14.0 Å². The first-order valence-corrected chi connectivity index (χ1v) is 13.4. The van der Waals surface area contributed by atoms with Crippen LogP contribution in [0.25, 0.3) is 28.3 Å². The molecule has 0 aliphatic carbocycles. The van der Waals surface area contributed by atoms with E-state index in [2.05, 4.69) is 40.2 Å². The topological polar surface area (TPSA) is 193 Å². The highest BCUT2D eigenvalue weighted by molar-refractivity contribution is 6.31. The van der Waals surface area contributed by atoms with Crippen LogP contribution in [0.15, 0.2) is 47.5 Å². The summed E-state index contributed by atoms with van der Waals surface area (Å²) in [6.07, 6.45) is 0.937. The van der Waals surface area contributed by atoms with E-state index in [4.69, 9.17) is 22.4 Å². The predicted molar refractivity (Wildman–Crippen MR) is 152 cm³/mol. The molecule has 0 radical (unpaired) electrons. The van der Waals surface area contributed by atoms with E-state index < -0.39 is 35.2 Å². The van der Waals surface area contributed by atoms with Gasteiger partial charge in [-0.1, -0.05) is 11.6 Å². The Balaban J connectivity index is 0.000000712. The zero-order chi connectivity index (χ0) is 31.8. The fourth-order valence-corrected chi connectivity index (χ4v) is 4.68. The summed E-state index contributed by atoms with van der Waals surface area (Å²) < 4.78 is 36.9. The number of amides is 1. The molecule has 1 atom stereocenters. The summed E-state index contributed by atoms with van der Waals surface area (Å²) in [5.41, 5.74) is 5.21. The number of pyridine rings is 1. The number of aliphatic hydroxyl groups is 1. The van der Waals surface area contributed by atoms with Crippen molar-refractivity contribution in [1.82, 2.24) is 44.7 Å². The van der Waals surface area contributed by atoms with Crippen molar-refractivity contribution >= 4 is 17.7 Å². The highest BCUT2D eigenvalue weighted by atomic mass is 35.5. The molecule has 1 aliphatic heterocycles. The molecule has 0 saturated heterocycles. The summed E-state index contributed by atoms with van der Waals surface area (Å²) in [5, 5.41) is 20.1. The number of primary amides is 1. The molecule has 44 heavy (non-hydrogen) atoms. The van der Waals surface area contributed by atoms with Gasteiger partial charge in [0.15, 0.2) is 0 Å². The van der Waals surface area contributed by atoms with E-state index in [-0.39, 0.29) is 23.0 Å².